The standard InChI is InChI=1S/C14H20FNOS/c1-5-16(12-8-6-11(15)7-9-12)13(17)10-18-14(2,3)4/h6-9H,5,10H2,1-4H3. The maximum atomic E-state index is 12.9. The first-order chi connectivity index (χ1) is 8.33. The first-order valence-electron chi connectivity index (χ1n) is 6.03. The van der Waals surface area contributed by atoms with Crippen LogP contribution in [0.2, 0.25) is 0 Å². The molecule has 1 amide bonds. The van der Waals surface area contributed by atoms with Crippen molar-refractivity contribution >= 4 is 23.4 Å². The number of halogens is 1. The minimum absolute atomic E-state index is 0.0593. The highest BCUT2D eigenvalue weighted by Crippen LogP contribution is 2.24. The zero-order valence-electron chi connectivity index (χ0n) is 11.4. The van der Waals surface area contributed by atoms with Crippen LogP contribution in [0.25, 0.3) is 0 Å². The molecule has 0 saturated carbocycles. The van der Waals surface area contributed by atoms with E-state index in [9.17, 15) is 9.18 Å². The zero-order valence-corrected chi connectivity index (χ0v) is 12.2. The second-order valence-electron chi connectivity index (χ2n) is 5.02. The van der Waals surface area contributed by atoms with Crippen LogP contribution in [0.3, 0.4) is 0 Å². The fourth-order valence-electron chi connectivity index (χ4n) is 1.48. The third kappa shape index (κ3) is 4.69. The fourth-order valence-corrected chi connectivity index (χ4v) is 2.19. The number of anilines is 1. The molecule has 0 aliphatic heterocycles. The molecule has 0 bridgehead atoms. The molecule has 0 atom stereocenters. The Labute approximate surface area is 113 Å². The number of amides is 1. The van der Waals surface area contributed by atoms with E-state index in [0.29, 0.717) is 12.3 Å². The van der Waals surface area contributed by atoms with Crippen molar-refractivity contribution in [1.82, 2.24) is 0 Å². The molecule has 2 nitrogen and oxygen atoms in total. The zero-order chi connectivity index (χ0) is 13.8. The predicted molar refractivity (Wildman–Crippen MR) is 76.6 cm³/mol. The van der Waals surface area contributed by atoms with E-state index < -0.39 is 0 Å². The van der Waals surface area contributed by atoms with Crippen LogP contribution < -0.4 is 4.90 Å². The summed E-state index contributed by atoms with van der Waals surface area (Å²) >= 11 is 1.62. The van der Waals surface area contributed by atoms with E-state index in [2.05, 4.69) is 20.8 Å². The van der Waals surface area contributed by atoms with E-state index >= 15 is 0 Å². The fraction of sp³-hybridized carbons (Fsp3) is 0.500. The third-order valence-corrected chi connectivity index (χ3v) is 3.64. The number of benzene rings is 1. The van der Waals surface area contributed by atoms with Gasteiger partial charge in [-0.15, -0.1) is 11.8 Å². The molecule has 0 N–H and O–H groups in total. The van der Waals surface area contributed by atoms with Gasteiger partial charge >= 0.3 is 0 Å². The molecular formula is C14H20FNOS. The maximum absolute atomic E-state index is 12.9. The highest BCUT2D eigenvalue weighted by Gasteiger charge is 2.18. The monoisotopic (exact) mass is 269 g/mol. The molecule has 1 aromatic carbocycles. The van der Waals surface area contributed by atoms with Crippen molar-refractivity contribution in [2.45, 2.75) is 32.4 Å². The molecule has 0 aliphatic rings. The highest BCUT2D eigenvalue weighted by molar-refractivity contribution is 8.01. The quantitative estimate of drug-likeness (QED) is 0.830. The van der Waals surface area contributed by atoms with Gasteiger partial charge in [-0.1, -0.05) is 20.8 Å². The molecule has 0 unspecified atom stereocenters. The molecule has 1 aromatic rings. The molecule has 4 heteroatoms. The Morgan fingerprint density at radius 1 is 1.28 bits per heavy atom. The average Bonchev–Trinajstić information content (AvgIpc) is 2.29. The van der Waals surface area contributed by atoms with Gasteiger partial charge in [-0.3, -0.25) is 4.79 Å². The Hall–Kier alpha value is -1.03. The second-order valence-corrected chi connectivity index (χ2v) is 6.82. The van der Waals surface area contributed by atoms with Crippen LogP contribution in [-0.4, -0.2) is 23.0 Å². The van der Waals surface area contributed by atoms with Gasteiger partial charge in [0, 0.05) is 17.0 Å². The number of carbonyl (C=O) groups excluding carboxylic acids is 1. The van der Waals surface area contributed by atoms with Crippen LogP contribution in [0.4, 0.5) is 10.1 Å². The van der Waals surface area contributed by atoms with E-state index in [1.165, 1.54) is 12.1 Å². The lowest BCUT2D eigenvalue weighted by molar-refractivity contribution is -0.116. The van der Waals surface area contributed by atoms with Crippen molar-refractivity contribution in [2.24, 2.45) is 0 Å². The lowest BCUT2D eigenvalue weighted by Crippen LogP contribution is -2.33. The molecular weight excluding hydrogens is 249 g/mol. The topological polar surface area (TPSA) is 20.3 Å². The van der Waals surface area contributed by atoms with Crippen molar-refractivity contribution in [3.8, 4) is 0 Å². The number of rotatable bonds is 4. The number of hydrogen-bond acceptors (Lipinski definition) is 2. The molecule has 100 valence electrons. The van der Waals surface area contributed by atoms with Gasteiger partial charge in [0.25, 0.3) is 0 Å². The Morgan fingerprint density at radius 2 is 1.83 bits per heavy atom. The third-order valence-electron chi connectivity index (χ3n) is 2.38. The molecule has 0 aliphatic carbocycles. The minimum atomic E-state index is -0.286. The highest BCUT2D eigenvalue weighted by atomic mass is 32.2. The van der Waals surface area contributed by atoms with Crippen LogP contribution in [0, 0.1) is 5.82 Å². The summed E-state index contributed by atoms with van der Waals surface area (Å²) in [6.07, 6.45) is 0. The van der Waals surface area contributed by atoms with E-state index in [1.807, 2.05) is 6.92 Å². The van der Waals surface area contributed by atoms with E-state index in [-0.39, 0.29) is 16.5 Å². The van der Waals surface area contributed by atoms with Crippen molar-refractivity contribution in [2.75, 3.05) is 17.2 Å². The van der Waals surface area contributed by atoms with Crippen LogP contribution >= 0.6 is 11.8 Å². The van der Waals surface area contributed by atoms with Gasteiger partial charge in [-0.05, 0) is 31.2 Å². The number of carbonyl (C=O) groups is 1. The summed E-state index contributed by atoms with van der Waals surface area (Å²) in [6.45, 7) is 8.76. The second kappa shape index (κ2) is 6.23. The molecule has 0 heterocycles. The van der Waals surface area contributed by atoms with Gasteiger partial charge < -0.3 is 4.90 Å². The summed E-state index contributed by atoms with van der Waals surface area (Å²) in [7, 11) is 0. The number of thioether (sulfide) groups is 1. The Kier molecular flexibility index (Phi) is 5.20. The summed E-state index contributed by atoms with van der Waals surface area (Å²) in [4.78, 5) is 13.8. The lowest BCUT2D eigenvalue weighted by Gasteiger charge is -2.23. The van der Waals surface area contributed by atoms with Gasteiger partial charge in [0.1, 0.15) is 5.82 Å². The molecule has 0 radical (unpaired) electrons. The molecule has 1 rings (SSSR count). The Bertz CT molecular complexity index is 397. The van der Waals surface area contributed by atoms with E-state index in [0.717, 1.165) is 5.69 Å². The first kappa shape index (κ1) is 15.0. The largest absolute Gasteiger partial charge is 0.312 e. The van der Waals surface area contributed by atoms with E-state index in [1.54, 1.807) is 28.8 Å². The van der Waals surface area contributed by atoms with Crippen molar-refractivity contribution in [1.29, 1.82) is 0 Å². The Morgan fingerprint density at radius 3 is 2.28 bits per heavy atom. The number of hydrogen-bond donors (Lipinski definition) is 0. The summed E-state index contributed by atoms with van der Waals surface area (Å²) in [5, 5.41) is 0. The maximum Gasteiger partial charge on any atom is 0.236 e. The van der Waals surface area contributed by atoms with E-state index in [4.69, 9.17) is 0 Å². The predicted octanol–water partition coefficient (Wildman–Crippen LogP) is 3.71. The first-order valence-corrected chi connectivity index (χ1v) is 7.02. The summed E-state index contributed by atoms with van der Waals surface area (Å²) in [5.74, 6) is 0.213. The van der Waals surface area contributed by atoms with Gasteiger partial charge in [0.2, 0.25) is 5.91 Å². The van der Waals surface area contributed by atoms with Crippen LogP contribution in [0.15, 0.2) is 24.3 Å². The van der Waals surface area contributed by atoms with Crippen molar-refractivity contribution in [3.05, 3.63) is 30.1 Å². The van der Waals surface area contributed by atoms with Gasteiger partial charge in [-0.2, -0.15) is 0 Å². The van der Waals surface area contributed by atoms with Crippen LogP contribution in [0.5, 0.6) is 0 Å². The van der Waals surface area contributed by atoms with Gasteiger partial charge in [0.15, 0.2) is 0 Å². The van der Waals surface area contributed by atoms with Crippen molar-refractivity contribution in [3.63, 3.8) is 0 Å². The molecule has 18 heavy (non-hydrogen) atoms. The normalized spacial score (nSPS) is 11.4. The lowest BCUT2D eigenvalue weighted by atomic mass is 10.2. The molecule has 0 saturated heterocycles. The molecule has 0 fully saturated rings. The van der Waals surface area contributed by atoms with Gasteiger partial charge in [-0.25, -0.2) is 4.39 Å². The van der Waals surface area contributed by atoms with Crippen LogP contribution in [-0.2, 0) is 4.79 Å². The summed E-state index contributed by atoms with van der Waals surface area (Å²) in [6, 6.07) is 6.03. The van der Waals surface area contributed by atoms with Crippen LogP contribution in [0.1, 0.15) is 27.7 Å². The van der Waals surface area contributed by atoms with Crippen molar-refractivity contribution < 1.29 is 9.18 Å². The Balaban J connectivity index is 2.71. The number of nitrogens with zero attached hydrogens (tertiary/aromatic N) is 1. The summed E-state index contributed by atoms with van der Waals surface area (Å²) < 4.78 is 12.9. The minimum Gasteiger partial charge on any atom is -0.312 e. The molecule has 0 aromatic heterocycles. The smallest absolute Gasteiger partial charge is 0.236 e. The average molecular weight is 269 g/mol. The SMILES string of the molecule is CCN(C(=O)CSC(C)(C)C)c1ccc(F)cc1. The summed E-state index contributed by atoms with van der Waals surface area (Å²) in [5.41, 5.74) is 0.749. The van der Waals surface area contributed by atoms with Gasteiger partial charge in [0.05, 0.1) is 5.75 Å². The molecule has 0 spiro atoms.